The molecule has 1 rings (SSSR count). The second-order valence-electron chi connectivity index (χ2n) is 2.99. The molecule has 0 aliphatic carbocycles. The van der Waals surface area contributed by atoms with E-state index in [9.17, 15) is 0 Å². The molecular formula is C10H16BrN3. The van der Waals surface area contributed by atoms with Gasteiger partial charge in [-0.1, -0.05) is 6.92 Å². The summed E-state index contributed by atoms with van der Waals surface area (Å²) in [5.74, 6) is 0. The summed E-state index contributed by atoms with van der Waals surface area (Å²) in [6.07, 6.45) is 4.71. The second-order valence-corrected chi connectivity index (χ2v) is 3.84. The number of aromatic nitrogens is 1. The Kier molecular flexibility index (Phi) is 5.56. The summed E-state index contributed by atoms with van der Waals surface area (Å²) in [5.41, 5.74) is 1.11. The quantitative estimate of drug-likeness (QED) is 0.768. The zero-order chi connectivity index (χ0) is 10.2. The highest BCUT2D eigenvalue weighted by atomic mass is 79.9. The van der Waals surface area contributed by atoms with Crippen molar-refractivity contribution < 1.29 is 0 Å². The number of anilines is 1. The number of nitrogens with one attached hydrogen (secondary N) is 2. The van der Waals surface area contributed by atoms with Gasteiger partial charge in [0.1, 0.15) is 0 Å². The highest BCUT2D eigenvalue weighted by molar-refractivity contribution is 9.10. The van der Waals surface area contributed by atoms with E-state index in [4.69, 9.17) is 0 Å². The molecule has 14 heavy (non-hydrogen) atoms. The van der Waals surface area contributed by atoms with E-state index in [0.717, 1.165) is 36.2 Å². The number of rotatable bonds is 6. The summed E-state index contributed by atoms with van der Waals surface area (Å²) in [4.78, 5) is 4.00. The molecule has 3 nitrogen and oxygen atoms in total. The van der Waals surface area contributed by atoms with Crippen molar-refractivity contribution in [1.29, 1.82) is 0 Å². The van der Waals surface area contributed by atoms with Gasteiger partial charge >= 0.3 is 0 Å². The van der Waals surface area contributed by atoms with Crippen molar-refractivity contribution in [3.8, 4) is 0 Å². The van der Waals surface area contributed by atoms with Gasteiger partial charge in [-0.3, -0.25) is 4.98 Å². The van der Waals surface area contributed by atoms with Gasteiger partial charge in [-0.15, -0.1) is 0 Å². The molecule has 0 amide bonds. The maximum atomic E-state index is 4.00. The molecule has 0 saturated heterocycles. The van der Waals surface area contributed by atoms with Gasteiger partial charge in [0.15, 0.2) is 0 Å². The van der Waals surface area contributed by atoms with Crippen LogP contribution in [-0.2, 0) is 0 Å². The predicted molar refractivity (Wildman–Crippen MR) is 63.6 cm³/mol. The normalized spacial score (nSPS) is 10.1. The Morgan fingerprint density at radius 1 is 1.43 bits per heavy atom. The van der Waals surface area contributed by atoms with Crippen molar-refractivity contribution in [3.05, 3.63) is 22.9 Å². The second kappa shape index (κ2) is 6.79. The molecule has 0 aliphatic heterocycles. The van der Waals surface area contributed by atoms with Gasteiger partial charge in [0.2, 0.25) is 0 Å². The van der Waals surface area contributed by atoms with E-state index in [0.29, 0.717) is 0 Å². The van der Waals surface area contributed by atoms with E-state index < -0.39 is 0 Å². The summed E-state index contributed by atoms with van der Waals surface area (Å²) in [5, 5.41) is 6.63. The predicted octanol–water partition coefficient (Wildman–Crippen LogP) is 2.26. The molecule has 0 aromatic carbocycles. The Hall–Kier alpha value is -0.610. The van der Waals surface area contributed by atoms with Gasteiger partial charge in [0, 0.05) is 18.9 Å². The largest absolute Gasteiger partial charge is 0.384 e. The van der Waals surface area contributed by atoms with Crippen LogP contribution in [0.5, 0.6) is 0 Å². The molecule has 2 N–H and O–H groups in total. The summed E-state index contributed by atoms with van der Waals surface area (Å²) < 4.78 is 1.02. The minimum atomic E-state index is 0.982. The standard InChI is InChI=1S/C10H16BrN3/c1-2-12-5-3-6-14-10-4-7-13-8-9(10)11/h4,7-8,12H,2-3,5-6H2,1H3,(H,13,14). The lowest BCUT2D eigenvalue weighted by Gasteiger charge is -2.07. The van der Waals surface area contributed by atoms with Crippen LogP contribution in [0.15, 0.2) is 22.9 Å². The molecule has 1 heterocycles. The number of halogens is 1. The zero-order valence-corrected chi connectivity index (χ0v) is 9.97. The van der Waals surface area contributed by atoms with Crippen LogP contribution in [0.25, 0.3) is 0 Å². The summed E-state index contributed by atoms with van der Waals surface area (Å²) in [7, 11) is 0. The van der Waals surface area contributed by atoms with Gasteiger partial charge in [-0.25, -0.2) is 0 Å². The lowest BCUT2D eigenvalue weighted by molar-refractivity contribution is 0.688. The topological polar surface area (TPSA) is 37.0 Å². The third-order valence-corrected chi connectivity index (χ3v) is 2.50. The molecule has 78 valence electrons. The van der Waals surface area contributed by atoms with E-state index >= 15 is 0 Å². The van der Waals surface area contributed by atoms with E-state index in [2.05, 4.69) is 38.5 Å². The fourth-order valence-corrected chi connectivity index (χ4v) is 1.52. The van der Waals surface area contributed by atoms with E-state index in [-0.39, 0.29) is 0 Å². The van der Waals surface area contributed by atoms with Gasteiger partial charge in [-0.05, 0) is 41.5 Å². The Balaban J connectivity index is 2.21. The summed E-state index contributed by atoms with van der Waals surface area (Å²) in [6.45, 7) is 5.20. The van der Waals surface area contributed by atoms with Crippen LogP contribution >= 0.6 is 15.9 Å². The Morgan fingerprint density at radius 2 is 2.29 bits per heavy atom. The number of nitrogens with zero attached hydrogens (tertiary/aromatic N) is 1. The number of hydrogen-bond donors (Lipinski definition) is 2. The van der Waals surface area contributed by atoms with Crippen LogP contribution in [0.2, 0.25) is 0 Å². The fourth-order valence-electron chi connectivity index (χ4n) is 1.13. The van der Waals surface area contributed by atoms with Crippen molar-refractivity contribution in [2.75, 3.05) is 25.0 Å². The molecule has 1 aromatic heterocycles. The minimum Gasteiger partial charge on any atom is -0.384 e. The highest BCUT2D eigenvalue weighted by Crippen LogP contribution is 2.19. The van der Waals surface area contributed by atoms with Crippen LogP contribution in [0.1, 0.15) is 13.3 Å². The minimum absolute atomic E-state index is 0.982. The average Bonchev–Trinajstić information content (AvgIpc) is 2.20. The van der Waals surface area contributed by atoms with Gasteiger partial charge < -0.3 is 10.6 Å². The summed E-state index contributed by atoms with van der Waals surface area (Å²) >= 11 is 3.44. The maximum Gasteiger partial charge on any atom is 0.0590 e. The Bertz CT molecular complexity index is 265. The molecule has 0 bridgehead atoms. The molecule has 4 heteroatoms. The first-order valence-electron chi connectivity index (χ1n) is 4.88. The zero-order valence-electron chi connectivity index (χ0n) is 8.39. The van der Waals surface area contributed by atoms with Crippen molar-refractivity contribution in [3.63, 3.8) is 0 Å². The molecule has 1 aromatic rings. The molecule has 0 spiro atoms. The van der Waals surface area contributed by atoms with Crippen LogP contribution in [-0.4, -0.2) is 24.6 Å². The van der Waals surface area contributed by atoms with E-state index in [1.165, 1.54) is 0 Å². The number of pyridine rings is 1. The van der Waals surface area contributed by atoms with Crippen molar-refractivity contribution >= 4 is 21.6 Å². The number of hydrogen-bond acceptors (Lipinski definition) is 3. The molecule has 0 fully saturated rings. The monoisotopic (exact) mass is 257 g/mol. The smallest absolute Gasteiger partial charge is 0.0590 e. The molecule has 0 aliphatic rings. The highest BCUT2D eigenvalue weighted by Gasteiger charge is 1.96. The lowest BCUT2D eigenvalue weighted by atomic mass is 10.3. The van der Waals surface area contributed by atoms with Crippen LogP contribution in [0.4, 0.5) is 5.69 Å². The van der Waals surface area contributed by atoms with Gasteiger partial charge in [0.05, 0.1) is 10.2 Å². The van der Waals surface area contributed by atoms with Gasteiger partial charge in [0.25, 0.3) is 0 Å². The molecule has 0 unspecified atom stereocenters. The van der Waals surface area contributed by atoms with Crippen molar-refractivity contribution in [2.45, 2.75) is 13.3 Å². The third-order valence-electron chi connectivity index (χ3n) is 1.87. The van der Waals surface area contributed by atoms with E-state index in [1.54, 1.807) is 12.4 Å². The van der Waals surface area contributed by atoms with Crippen LogP contribution in [0.3, 0.4) is 0 Å². The van der Waals surface area contributed by atoms with Gasteiger partial charge in [-0.2, -0.15) is 0 Å². The Morgan fingerprint density at radius 3 is 3.00 bits per heavy atom. The summed E-state index contributed by atoms with van der Waals surface area (Å²) in [6, 6.07) is 1.97. The molecule has 0 radical (unpaired) electrons. The van der Waals surface area contributed by atoms with Crippen molar-refractivity contribution in [1.82, 2.24) is 10.3 Å². The molecule has 0 atom stereocenters. The van der Waals surface area contributed by atoms with E-state index in [1.807, 2.05) is 6.07 Å². The average molecular weight is 258 g/mol. The first kappa shape index (κ1) is 11.5. The van der Waals surface area contributed by atoms with Crippen molar-refractivity contribution in [2.24, 2.45) is 0 Å². The molecule has 0 saturated carbocycles. The first-order chi connectivity index (χ1) is 6.84. The first-order valence-corrected chi connectivity index (χ1v) is 5.68. The Labute approximate surface area is 93.4 Å². The fraction of sp³-hybridized carbons (Fsp3) is 0.500. The maximum absolute atomic E-state index is 4.00. The van der Waals surface area contributed by atoms with Crippen LogP contribution in [0, 0.1) is 0 Å². The lowest BCUT2D eigenvalue weighted by Crippen LogP contribution is -2.17. The molecular weight excluding hydrogens is 242 g/mol. The third kappa shape index (κ3) is 4.07. The van der Waals surface area contributed by atoms with Crippen LogP contribution < -0.4 is 10.6 Å². The SMILES string of the molecule is CCNCCCNc1ccncc1Br.